The molecular weight excluding hydrogens is 238 g/mol. The fraction of sp³-hybridized carbons (Fsp3) is 0.400. The summed E-state index contributed by atoms with van der Waals surface area (Å²) in [6.45, 7) is 1.41. The van der Waals surface area contributed by atoms with E-state index in [9.17, 15) is 4.79 Å². The van der Waals surface area contributed by atoms with Gasteiger partial charge in [0.1, 0.15) is 0 Å². The Morgan fingerprint density at radius 3 is 2.79 bits per heavy atom. The lowest BCUT2D eigenvalue weighted by Crippen LogP contribution is -2.21. The fourth-order valence-corrected chi connectivity index (χ4v) is 2.18. The predicted molar refractivity (Wildman–Crippen MR) is 77.8 cm³/mol. The molecule has 0 fully saturated rings. The molecule has 4 heteroatoms. The Morgan fingerprint density at radius 1 is 1.32 bits per heavy atom. The van der Waals surface area contributed by atoms with Crippen molar-refractivity contribution in [3.8, 4) is 0 Å². The molecule has 0 unspecified atom stereocenters. The quantitative estimate of drug-likeness (QED) is 0.892. The molecule has 19 heavy (non-hydrogen) atoms. The molecule has 0 aliphatic heterocycles. The number of nitrogens with zero attached hydrogens (tertiary/aromatic N) is 2. The second-order valence-corrected chi connectivity index (χ2v) is 5.00. The van der Waals surface area contributed by atoms with E-state index in [-0.39, 0.29) is 5.91 Å². The third-order valence-electron chi connectivity index (χ3n) is 3.36. The minimum absolute atomic E-state index is 0.180. The van der Waals surface area contributed by atoms with Crippen LogP contribution in [0.3, 0.4) is 0 Å². The SMILES string of the molecule is CN(C)C(=O)CCCn1ccc2ccc(CN)cc21. The van der Waals surface area contributed by atoms with Gasteiger partial charge in [0.25, 0.3) is 0 Å². The van der Waals surface area contributed by atoms with Crippen molar-refractivity contribution in [1.29, 1.82) is 0 Å². The topological polar surface area (TPSA) is 51.3 Å². The molecule has 102 valence electrons. The number of benzene rings is 1. The summed E-state index contributed by atoms with van der Waals surface area (Å²) in [7, 11) is 3.59. The zero-order valence-electron chi connectivity index (χ0n) is 11.6. The summed E-state index contributed by atoms with van der Waals surface area (Å²) in [5.74, 6) is 0.180. The van der Waals surface area contributed by atoms with Crippen LogP contribution in [-0.2, 0) is 17.9 Å². The summed E-state index contributed by atoms with van der Waals surface area (Å²) >= 11 is 0. The first-order valence-corrected chi connectivity index (χ1v) is 6.60. The van der Waals surface area contributed by atoms with Crippen molar-refractivity contribution in [3.63, 3.8) is 0 Å². The van der Waals surface area contributed by atoms with Crippen molar-refractivity contribution < 1.29 is 4.79 Å². The van der Waals surface area contributed by atoms with Crippen molar-refractivity contribution >= 4 is 16.8 Å². The van der Waals surface area contributed by atoms with Crippen LogP contribution in [-0.4, -0.2) is 29.5 Å². The van der Waals surface area contributed by atoms with Gasteiger partial charge >= 0.3 is 0 Å². The van der Waals surface area contributed by atoms with Crippen molar-refractivity contribution in [2.24, 2.45) is 5.73 Å². The molecular formula is C15H21N3O. The van der Waals surface area contributed by atoms with Gasteiger partial charge in [-0.15, -0.1) is 0 Å². The highest BCUT2D eigenvalue weighted by molar-refractivity contribution is 5.81. The maximum atomic E-state index is 11.5. The Kier molecular flexibility index (Phi) is 4.22. The van der Waals surface area contributed by atoms with Gasteiger partial charge in [-0.3, -0.25) is 4.79 Å². The van der Waals surface area contributed by atoms with Gasteiger partial charge in [-0.25, -0.2) is 0 Å². The van der Waals surface area contributed by atoms with Gasteiger partial charge in [-0.05, 0) is 29.5 Å². The molecule has 0 aliphatic carbocycles. The first-order chi connectivity index (χ1) is 9.11. The third kappa shape index (κ3) is 3.15. The van der Waals surface area contributed by atoms with Crippen LogP contribution in [0, 0.1) is 0 Å². The van der Waals surface area contributed by atoms with E-state index in [0.717, 1.165) is 18.5 Å². The average Bonchev–Trinajstić information content (AvgIpc) is 2.81. The molecule has 0 saturated carbocycles. The second-order valence-electron chi connectivity index (χ2n) is 5.00. The summed E-state index contributed by atoms with van der Waals surface area (Å²) in [6, 6.07) is 8.38. The average molecular weight is 259 g/mol. The van der Waals surface area contributed by atoms with Crippen LogP contribution in [0.25, 0.3) is 10.9 Å². The van der Waals surface area contributed by atoms with Gasteiger partial charge in [0, 0.05) is 45.3 Å². The van der Waals surface area contributed by atoms with E-state index >= 15 is 0 Å². The highest BCUT2D eigenvalue weighted by Crippen LogP contribution is 2.18. The Labute approximate surface area is 113 Å². The van der Waals surface area contributed by atoms with E-state index in [2.05, 4.69) is 35.0 Å². The molecule has 0 bridgehead atoms. The van der Waals surface area contributed by atoms with Gasteiger partial charge in [0.15, 0.2) is 0 Å². The zero-order chi connectivity index (χ0) is 13.8. The molecule has 2 N–H and O–H groups in total. The van der Waals surface area contributed by atoms with Crippen molar-refractivity contribution in [2.75, 3.05) is 14.1 Å². The molecule has 2 rings (SSSR count). The predicted octanol–water partition coefficient (Wildman–Crippen LogP) is 1.97. The molecule has 0 spiro atoms. The molecule has 1 aromatic carbocycles. The maximum Gasteiger partial charge on any atom is 0.222 e. The van der Waals surface area contributed by atoms with Crippen LogP contribution in [0.2, 0.25) is 0 Å². The number of fused-ring (bicyclic) bond motifs is 1. The van der Waals surface area contributed by atoms with Crippen LogP contribution in [0.4, 0.5) is 0 Å². The molecule has 0 radical (unpaired) electrons. The number of hydrogen-bond acceptors (Lipinski definition) is 2. The molecule has 1 heterocycles. The highest BCUT2D eigenvalue weighted by atomic mass is 16.2. The van der Waals surface area contributed by atoms with Gasteiger partial charge in [0.05, 0.1) is 0 Å². The van der Waals surface area contributed by atoms with Crippen LogP contribution >= 0.6 is 0 Å². The molecule has 0 aliphatic rings. The summed E-state index contributed by atoms with van der Waals surface area (Å²) < 4.78 is 2.19. The van der Waals surface area contributed by atoms with E-state index in [1.165, 1.54) is 10.9 Å². The normalized spacial score (nSPS) is 10.9. The van der Waals surface area contributed by atoms with Crippen LogP contribution in [0.15, 0.2) is 30.5 Å². The van der Waals surface area contributed by atoms with E-state index in [1.807, 2.05) is 0 Å². The monoisotopic (exact) mass is 259 g/mol. The Hall–Kier alpha value is -1.81. The maximum absolute atomic E-state index is 11.5. The highest BCUT2D eigenvalue weighted by Gasteiger charge is 2.05. The molecule has 4 nitrogen and oxygen atoms in total. The minimum atomic E-state index is 0.180. The molecule has 1 aromatic heterocycles. The smallest absolute Gasteiger partial charge is 0.222 e. The fourth-order valence-electron chi connectivity index (χ4n) is 2.18. The Bertz CT molecular complexity index is 572. The van der Waals surface area contributed by atoms with Crippen LogP contribution in [0.1, 0.15) is 18.4 Å². The van der Waals surface area contributed by atoms with Crippen molar-refractivity contribution in [1.82, 2.24) is 9.47 Å². The van der Waals surface area contributed by atoms with Crippen molar-refractivity contribution in [2.45, 2.75) is 25.9 Å². The Morgan fingerprint density at radius 2 is 2.11 bits per heavy atom. The molecule has 2 aromatic rings. The summed E-state index contributed by atoms with van der Waals surface area (Å²) in [5.41, 5.74) is 8.00. The number of aryl methyl sites for hydroxylation is 1. The lowest BCUT2D eigenvalue weighted by molar-refractivity contribution is -0.128. The largest absolute Gasteiger partial charge is 0.349 e. The van der Waals surface area contributed by atoms with Gasteiger partial charge in [-0.1, -0.05) is 12.1 Å². The van der Waals surface area contributed by atoms with Crippen LogP contribution < -0.4 is 5.73 Å². The number of aromatic nitrogens is 1. The zero-order valence-corrected chi connectivity index (χ0v) is 11.6. The van der Waals surface area contributed by atoms with E-state index in [4.69, 9.17) is 5.73 Å². The number of hydrogen-bond donors (Lipinski definition) is 1. The molecule has 0 atom stereocenters. The number of amides is 1. The number of carbonyl (C=O) groups is 1. The van der Waals surface area contributed by atoms with E-state index in [0.29, 0.717) is 13.0 Å². The van der Waals surface area contributed by atoms with Crippen molar-refractivity contribution in [3.05, 3.63) is 36.0 Å². The van der Waals surface area contributed by atoms with Crippen LogP contribution in [0.5, 0.6) is 0 Å². The van der Waals surface area contributed by atoms with Gasteiger partial charge in [-0.2, -0.15) is 0 Å². The van der Waals surface area contributed by atoms with Gasteiger partial charge in [0.2, 0.25) is 5.91 Å². The van der Waals surface area contributed by atoms with E-state index in [1.54, 1.807) is 19.0 Å². The number of nitrogens with two attached hydrogens (primary N) is 1. The standard InChI is InChI=1S/C15H21N3O/c1-17(2)15(19)4-3-8-18-9-7-13-6-5-12(11-16)10-14(13)18/h5-7,9-10H,3-4,8,11,16H2,1-2H3. The lowest BCUT2D eigenvalue weighted by Gasteiger charge is -2.10. The summed E-state index contributed by atoms with van der Waals surface area (Å²) in [6.07, 6.45) is 3.52. The van der Waals surface area contributed by atoms with Gasteiger partial charge < -0.3 is 15.2 Å². The number of carbonyl (C=O) groups excluding carboxylic acids is 1. The third-order valence-corrected chi connectivity index (χ3v) is 3.36. The first-order valence-electron chi connectivity index (χ1n) is 6.60. The second kappa shape index (κ2) is 5.89. The Balaban J connectivity index is 2.06. The summed E-state index contributed by atoms with van der Waals surface area (Å²) in [4.78, 5) is 13.2. The number of rotatable bonds is 5. The summed E-state index contributed by atoms with van der Waals surface area (Å²) in [5, 5.41) is 1.22. The molecule has 1 amide bonds. The first kappa shape index (κ1) is 13.6. The van der Waals surface area contributed by atoms with E-state index < -0.39 is 0 Å². The lowest BCUT2D eigenvalue weighted by atomic mass is 10.1. The molecule has 0 saturated heterocycles. The minimum Gasteiger partial charge on any atom is -0.349 e.